The van der Waals surface area contributed by atoms with Crippen molar-refractivity contribution in [1.82, 2.24) is 19.6 Å². The number of rotatable bonds is 16. The largest absolute Gasteiger partial charge is 0.394 e. The number of nitrogens with zero attached hydrogens (tertiary/aromatic N) is 10. The van der Waals surface area contributed by atoms with E-state index in [1.807, 2.05) is 48.5 Å². The van der Waals surface area contributed by atoms with Crippen LogP contribution in [-0.2, 0) is 23.7 Å². The summed E-state index contributed by atoms with van der Waals surface area (Å²) in [5, 5.41) is 17.6. The number of hydrogen-bond donors (Lipinski definition) is 1. The van der Waals surface area contributed by atoms with Crippen molar-refractivity contribution in [2.75, 3.05) is 45.9 Å². The molecule has 0 radical (unpaired) electrons. The third kappa shape index (κ3) is 10.4. The second kappa shape index (κ2) is 21.8. The second-order valence-electron chi connectivity index (χ2n) is 19.8. The monoisotopic (exact) mass is 1140 g/mol. The van der Waals surface area contributed by atoms with Gasteiger partial charge in [0.1, 0.15) is 24.4 Å². The fourth-order valence-electron chi connectivity index (χ4n) is 11.5. The SMILES string of the molecule is CC1(C)O[C@@H](CN2[C@H](CN3C(=O)c4ccccc4C3=O)[C@H](c3ccc(Br)cc3)[C@@H]2CN=[N+]=[N-])[C@@H](C=O)O1.CC1(C)O[C@@H](CN2[C@H](CN3C(=O)c4ccccc4C3=O)[C@H](c3ccc(Br)cc3)[C@@H]2CN=[N+]=[N-])[C@@H](CO)O1. The van der Waals surface area contributed by atoms with Gasteiger partial charge in [-0.2, -0.15) is 0 Å². The van der Waals surface area contributed by atoms with Gasteiger partial charge < -0.3 is 28.8 Å². The zero-order chi connectivity index (χ0) is 52.6. The van der Waals surface area contributed by atoms with E-state index in [1.165, 1.54) is 9.80 Å². The molecule has 6 heterocycles. The Hall–Kier alpha value is -5.87. The Bertz CT molecular complexity index is 2850. The molecule has 0 saturated carbocycles. The van der Waals surface area contributed by atoms with Gasteiger partial charge in [-0.15, -0.1) is 0 Å². The van der Waals surface area contributed by atoms with Crippen molar-refractivity contribution in [3.63, 3.8) is 0 Å². The number of imide groups is 2. The number of amides is 4. The third-order valence-corrected chi connectivity index (χ3v) is 15.7. The number of benzene rings is 4. The molecule has 1 N–H and O–H groups in total. The first kappa shape index (κ1) is 53.0. The van der Waals surface area contributed by atoms with E-state index < -0.39 is 36.0 Å². The Labute approximate surface area is 443 Å². The van der Waals surface area contributed by atoms with Crippen LogP contribution in [0.5, 0.6) is 0 Å². The molecule has 0 aromatic heterocycles. The van der Waals surface area contributed by atoms with Gasteiger partial charge in [0.25, 0.3) is 23.6 Å². The van der Waals surface area contributed by atoms with Crippen molar-refractivity contribution >= 4 is 61.8 Å². The van der Waals surface area contributed by atoms with Gasteiger partial charge in [0.15, 0.2) is 17.9 Å². The Morgan fingerprint density at radius 1 is 0.554 bits per heavy atom. The molecule has 4 aromatic rings. The van der Waals surface area contributed by atoms with E-state index in [4.69, 9.17) is 30.0 Å². The molecular weight excluding hydrogens is 1080 g/mol. The van der Waals surface area contributed by atoms with Crippen molar-refractivity contribution in [3.05, 3.63) is 160 Å². The van der Waals surface area contributed by atoms with Gasteiger partial charge >= 0.3 is 0 Å². The molecule has 4 fully saturated rings. The molecule has 0 bridgehead atoms. The number of halogens is 2. The maximum atomic E-state index is 13.2. The highest BCUT2D eigenvalue weighted by Crippen LogP contribution is 2.46. The van der Waals surface area contributed by atoms with Gasteiger partial charge in [-0.25, -0.2) is 0 Å². The second-order valence-corrected chi connectivity index (χ2v) is 21.7. The molecule has 0 spiro atoms. The maximum Gasteiger partial charge on any atom is 0.261 e. The predicted molar refractivity (Wildman–Crippen MR) is 275 cm³/mol. The van der Waals surface area contributed by atoms with Crippen LogP contribution < -0.4 is 0 Å². The normalized spacial score (nSPS) is 28.6. The van der Waals surface area contributed by atoms with Crippen LogP contribution in [0.1, 0.15) is 92.1 Å². The molecule has 0 aliphatic carbocycles. The molecule has 74 heavy (non-hydrogen) atoms. The lowest BCUT2D eigenvalue weighted by atomic mass is 9.74. The molecule has 4 saturated heterocycles. The Balaban J connectivity index is 0.000000182. The van der Waals surface area contributed by atoms with E-state index in [1.54, 1.807) is 76.2 Å². The van der Waals surface area contributed by atoms with E-state index in [0.29, 0.717) is 35.3 Å². The summed E-state index contributed by atoms with van der Waals surface area (Å²) in [7, 11) is 0. The summed E-state index contributed by atoms with van der Waals surface area (Å²) in [5.74, 6) is -3.32. The van der Waals surface area contributed by atoms with Crippen LogP contribution in [0.3, 0.4) is 0 Å². The number of carbonyl (C=O) groups is 5. The fraction of sp³-hybridized carbons (Fsp3) is 0.442. The zero-order valence-electron chi connectivity index (χ0n) is 40.9. The van der Waals surface area contributed by atoms with Crippen molar-refractivity contribution in [3.8, 4) is 0 Å². The molecule has 4 amide bonds. The minimum absolute atomic E-state index is 0.106. The predicted octanol–water partition coefficient (Wildman–Crippen LogP) is 7.62. The molecule has 6 aliphatic rings. The van der Waals surface area contributed by atoms with Crippen LogP contribution in [0.15, 0.2) is 116 Å². The minimum Gasteiger partial charge on any atom is -0.394 e. The lowest BCUT2D eigenvalue weighted by molar-refractivity contribution is -0.154. The van der Waals surface area contributed by atoms with Gasteiger partial charge in [-0.05, 0) is 98.4 Å². The Morgan fingerprint density at radius 2 is 0.919 bits per heavy atom. The lowest BCUT2D eigenvalue weighted by Gasteiger charge is -2.56. The summed E-state index contributed by atoms with van der Waals surface area (Å²) in [5.41, 5.74) is 21.7. The quantitative estimate of drug-likeness (QED) is 0.0374. The van der Waals surface area contributed by atoms with Crippen LogP contribution in [0.4, 0.5) is 0 Å². The number of carbonyl (C=O) groups excluding carboxylic acids is 5. The fourth-order valence-corrected chi connectivity index (χ4v) is 12.0. The van der Waals surface area contributed by atoms with Gasteiger partial charge in [-0.3, -0.25) is 38.8 Å². The highest BCUT2D eigenvalue weighted by atomic mass is 79.9. The summed E-state index contributed by atoms with van der Waals surface area (Å²) in [6.07, 6.45) is -1.56. The Kier molecular flexibility index (Phi) is 15.6. The first-order chi connectivity index (χ1) is 35.5. The summed E-state index contributed by atoms with van der Waals surface area (Å²) >= 11 is 6.94. The smallest absolute Gasteiger partial charge is 0.261 e. The van der Waals surface area contributed by atoms with E-state index in [0.717, 1.165) is 26.4 Å². The number of azide groups is 2. The van der Waals surface area contributed by atoms with Crippen molar-refractivity contribution < 1.29 is 48.0 Å². The van der Waals surface area contributed by atoms with Crippen LogP contribution in [-0.4, -0.2) is 161 Å². The van der Waals surface area contributed by atoms with E-state index in [-0.39, 0.29) is 92.4 Å². The van der Waals surface area contributed by atoms with E-state index in [9.17, 15) is 29.1 Å². The zero-order valence-corrected chi connectivity index (χ0v) is 44.1. The topological polar surface area (TPSA) is 253 Å². The Morgan fingerprint density at radius 3 is 1.30 bits per heavy atom. The number of aliphatic hydroxyl groups is 1. The number of hydrogen-bond acceptors (Lipinski definition) is 14. The van der Waals surface area contributed by atoms with Crippen LogP contribution >= 0.6 is 31.9 Å². The molecule has 10 atom stereocenters. The molecule has 6 aliphatic heterocycles. The average molecular weight is 1140 g/mol. The minimum atomic E-state index is -0.926. The molecule has 20 nitrogen and oxygen atoms in total. The van der Waals surface area contributed by atoms with Crippen molar-refractivity contribution in [2.45, 2.75) is 99.7 Å². The number of aliphatic hydroxyl groups excluding tert-OH is 1. The van der Waals surface area contributed by atoms with Crippen LogP contribution in [0.25, 0.3) is 20.9 Å². The first-order valence-corrected chi connectivity index (χ1v) is 25.8. The molecule has 22 heteroatoms. The van der Waals surface area contributed by atoms with Crippen LogP contribution in [0.2, 0.25) is 0 Å². The summed E-state index contributed by atoms with van der Waals surface area (Å²) < 4.78 is 25.6. The summed E-state index contributed by atoms with van der Waals surface area (Å²) in [4.78, 5) is 77.2. The lowest BCUT2D eigenvalue weighted by Crippen LogP contribution is -2.68. The average Bonchev–Trinajstić information content (AvgIpc) is 4.03. The van der Waals surface area contributed by atoms with Gasteiger partial charge in [-0.1, -0.05) is 90.6 Å². The van der Waals surface area contributed by atoms with Crippen LogP contribution in [0, 0.1) is 0 Å². The van der Waals surface area contributed by atoms with E-state index in [2.05, 4.69) is 61.7 Å². The molecular formula is C52H54Br2N10O10. The van der Waals surface area contributed by atoms with Crippen molar-refractivity contribution in [1.29, 1.82) is 0 Å². The van der Waals surface area contributed by atoms with Gasteiger partial charge in [0.05, 0.1) is 28.9 Å². The van der Waals surface area contributed by atoms with E-state index >= 15 is 0 Å². The van der Waals surface area contributed by atoms with Gasteiger partial charge in [0, 0.05) is 94.0 Å². The number of ether oxygens (including phenoxy) is 4. The standard InChI is InChI=1S/C26H28BrN5O5.C26H26BrN5O5/c2*1-26(2)36-21(22(14-33)37-26)13-31-19(11-29-30-28)23(15-7-9-16(27)10-8-15)20(31)12-32-24(34)17-5-3-4-6-18(17)25(32)35/h3-10,19-23,33H,11-14H2,1-2H3;3-10,14,19-23H,11-13H2,1-2H3/t2*19-,20+,21-,22+,23+/m00/s1. The highest BCUT2D eigenvalue weighted by Gasteiger charge is 2.55. The third-order valence-electron chi connectivity index (χ3n) is 14.6. The molecule has 4 aromatic carbocycles. The number of likely N-dealkylation sites (tertiary alicyclic amines) is 2. The molecule has 0 unspecified atom stereocenters. The molecule has 10 rings (SSSR count). The number of aldehydes is 1. The first-order valence-electron chi connectivity index (χ1n) is 24.2. The highest BCUT2D eigenvalue weighted by molar-refractivity contribution is 9.10. The number of fused-ring (bicyclic) bond motifs is 2. The van der Waals surface area contributed by atoms with Gasteiger partial charge in [0.2, 0.25) is 0 Å². The summed E-state index contributed by atoms with van der Waals surface area (Å²) in [6, 6.07) is 28.4. The van der Waals surface area contributed by atoms with Crippen molar-refractivity contribution in [2.24, 2.45) is 10.2 Å². The summed E-state index contributed by atoms with van der Waals surface area (Å²) in [6.45, 7) is 8.26. The maximum absolute atomic E-state index is 13.2. The molecule has 386 valence electrons.